The van der Waals surface area contributed by atoms with Crippen LogP contribution in [0, 0.1) is 0 Å². The van der Waals surface area contributed by atoms with Gasteiger partial charge in [0, 0.05) is 31.4 Å². The van der Waals surface area contributed by atoms with Gasteiger partial charge in [0.05, 0.1) is 11.3 Å². The van der Waals surface area contributed by atoms with Gasteiger partial charge in [-0.25, -0.2) is 0 Å². The van der Waals surface area contributed by atoms with Crippen LogP contribution < -0.4 is 16.4 Å². The predicted octanol–water partition coefficient (Wildman–Crippen LogP) is 0.508. The van der Waals surface area contributed by atoms with Gasteiger partial charge in [-0.1, -0.05) is 0 Å². The lowest BCUT2D eigenvalue weighted by atomic mass is 10.1. The van der Waals surface area contributed by atoms with Crippen molar-refractivity contribution >= 4 is 17.3 Å². The molecule has 2 rings (SSSR count). The van der Waals surface area contributed by atoms with E-state index < -0.39 is 5.91 Å². The van der Waals surface area contributed by atoms with Crippen LogP contribution in [-0.4, -0.2) is 43.5 Å². The SMILES string of the molecule is CC1CN(C)CCN1c1cc(N)ccc1C(N)=O. The predicted molar refractivity (Wildman–Crippen MR) is 73.7 cm³/mol. The highest BCUT2D eigenvalue weighted by atomic mass is 16.1. The number of anilines is 2. The van der Waals surface area contributed by atoms with Crippen LogP contribution in [0.1, 0.15) is 17.3 Å². The number of carbonyl (C=O) groups excluding carboxylic acids is 1. The number of nitrogens with zero attached hydrogens (tertiary/aromatic N) is 2. The number of rotatable bonds is 2. The maximum Gasteiger partial charge on any atom is 0.250 e. The zero-order valence-electron chi connectivity index (χ0n) is 10.9. The maximum absolute atomic E-state index is 11.5. The second-order valence-electron chi connectivity index (χ2n) is 4.95. The van der Waals surface area contributed by atoms with Gasteiger partial charge in [-0.05, 0) is 32.2 Å². The van der Waals surface area contributed by atoms with Gasteiger partial charge in [0.25, 0.3) is 5.91 Å². The van der Waals surface area contributed by atoms with Crippen LogP contribution in [0.15, 0.2) is 18.2 Å². The summed E-state index contributed by atoms with van der Waals surface area (Å²) in [4.78, 5) is 16.0. The normalized spacial score (nSPS) is 21.0. The van der Waals surface area contributed by atoms with Crippen molar-refractivity contribution in [1.82, 2.24) is 4.90 Å². The summed E-state index contributed by atoms with van der Waals surface area (Å²) >= 11 is 0. The number of hydrogen-bond acceptors (Lipinski definition) is 4. The van der Waals surface area contributed by atoms with E-state index >= 15 is 0 Å². The van der Waals surface area contributed by atoms with E-state index in [0.29, 0.717) is 17.3 Å². The zero-order valence-corrected chi connectivity index (χ0v) is 10.9. The van der Waals surface area contributed by atoms with Crippen LogP contribution in [-0.2, 0) is 0 Å². The quantitative estimate of drug-likeness (QED) is 0.748. The van der Waals surface area contributed by atoms with E-state index in [-0.39, 0.29) is 0 Å². The average molecular weight is 248 g/mol. The summed E-state index contributed by atoms with van der Waals surface area (Å²) in [7, 11) is 2.10. The molecule has 18 heavy (non-hydrogen) atoms. The second kappa shape index (κ2) is 4.86. The minimum atomic E-state index is -0.406. The molecular formula is C13H20N4O. The van der Waals surface area contributed by atoms with Crippen LogP contribution in [0.25, 0.3) is 0 Å². The lowest BCUT2D eigenvalue weighted by Crippen LogP contribution is -2.51. The number of hydrogen-bond donors (Lipinski definition) is 2. The second-order valence-corrected chi connectivity index (χ2v) is 4.95. The minimum Gasteiger partial charge on any atom is -0.399 e. The third kappa shape index (κ3) is 2.41. The molecule has 0 saturated carbocycles. The molecule has 5 nitrogen and oxygen atoms in total. The Morgan fingerprint density at radius 1 is 1.39 bits per heavy atom. The third-order valence-electron chi connectivity index (χ3n) is 3.43. The van der Waals surface area contributed by atoms with Gasteiger partial charge >= 0.3 is 0 Å². The summed E-state index contributed by atoms with van der Waals surface area (Å²) in [5.41, 5.74) is 13.3. The summed E-state index contributed by atoms with van der Waals surface area (Å²) < 4.78 is 0. The van der Waals surface area contributed by atoms with Gasteiger partial charge in [0.15, 0.2) is 0 Å². The van der Waals surface area contributed by atoms with Crippen LogP contribution in [0.2, 0.25) is 0 Å². The monoisotopic (exact) mass is 248 g/mol. The minimum absolute atomic E-state index is 0.337. The Morgan fingerprint density at radius 3 is 2.72 bits per heavy atom. The first kappa shape index (κ1) is 12.7. The Bertz CT molecular complexity index is 460. The molecule has 1 aromatic rings. The van der Waals surface area contributed by atoms with E-state index in [1.807, 2.05) is 6.07 Å². The number of primary amides is 1. The first-order valence-corrected chi connectivity index (χ1v) is 6.13. The third-order valence-corrected chi connectivity index (χ3v) is 3.43. The summed E-state index contributed by atoms with van der Waals surface area (Å²) in [5, 5.41) is 0. The molecule has 0 radical (unpaired) electrons. The Labute approximate surface area is 107 Å². The molecule has 1 amide bonds. The molecule has 0 aromatic heterocycles. The smallest absolute Gasteiger partial charge is 0.250 e. The van der Waals surface area contributed by atoms with Crippen LogP contribution >= 0.6 is 0 Å². The van der Waals surface area contributed by atoms with E-state index in [1.54, 1.807) is 12.1 Å². The van der Waals surface area contributed by atoms with Crippen molar-refractivity contribution in [3.63, 3.8) is 0 Å². The summed E-state index contributed by atoms with van der Waals surface area (Å²) in [6, 6.07) is 5.59. The fourth-order valence-electron chi connectivity index (χ4n) is 2.49. The molecule has 1 aromatic carbocycles. The van der Waals surface area contributed by atoms with Gasteiger partial charge in [0.1, 0.15) is 0 Å². The van der Waals surface area contributed by atoms with Gasteiger partial charge < -0.3 is 21.3 Å². The van der Waals surface area contributed by atoms with Crippen molar-refractivity contribution < 1.29 is 4.79 Å². The van der Waals surface area contributed by atoms with Crippen molar-refractivity contribution in [3.8, 4) is 0 Å². The molecule has 1 aliphatic rings. The lowest BCUT2D eigenvalue weighted by molar-refractivity contribution is 0.100. The highest BCUT2D eigenvalue weighted by Gasteiger charge is 2.24. The fourth-order valence-corrected chi connectivity index (χ4v) is 2.49. The van der Waals surface area contributed by atoms with Crippen LogP contribution in [0.3, 0.4) is 0 Å². The Balaban J connectivity index is 2.37. The number of nitrogen functional groups attached to an aromatic ring is 1. The van der Waals surface area contributed by atoms with Crippen molar-refractivity contribution in [3.05, 3.63) is 23.8 Å². The zero-order chi connectivity index (χ0) is 13.3. The molecule has 0 bridgehead atoms. The molecule has 5 heteroatoms. The molecule has 0 spiro atoms. The maximum atomic E-state index is 11.5. The molecule has 1 atom stereocenters. The highest BCUT2D eigenvalue weighted by Crippen LogP contribution is 2.26. The first-order chi connectivity index (χ1) is 8.49. The Hall–Kier alpha value is -1.75. The summed E-state index contributed by atoms with van der Waals surface area (Å²) in [6.45, 7) is 4.95. The number of benzene rings is 1. The highest BCUT2D eigenvalue weighted by molar-refractivity contribution is 5.99. The first-order valence-electron chi connectivity index (χ1n) is 6.13. The van der Waals surface area contributed by atoms with Crippen molar-refractivity contribution in [2.45, 2.75) is 13.0 Å². The molecule has 1 unspecified atom stereocenters. The average Bonchev–Trinajstić information content (AvgIpc) is 2.28. The van der Waals surface area contributed by atoms with E-state index in [2.05, 4.69) is 23.8 Å². The van der Waals surface area contributed by atoms with Gasteiger partial charge in [-0.3, -0.25) is 4.79 Å². The van der Waals surface area contributed by atoms with Crippen molar-refractivity contribution in [2.24, 2.45) is 5.73 Å². The molecule has 1 aliphatic heterocycles. The number of piperazine rings is 1. The van der Waals surface area contributed by atoms with Crippen molar-refractivity contribution in [1.29, 1.82) is 0 Å². The van der Waals surface area contributed by atoms with Crippen LogP contribution in [0.5, 0.6) is 0 Å². The Kier molecular flexibility index (Phi) is 3.43. The molecule has 1 saturated heterocycles. The van der Waals surface area contributed by atoms with Crippen LogP contribution in [0.4, 0.5) is 11.4 Å². The summed E-state index contributed by atoms with van der Waals surface area (Å²) in [5.74, 6) is -0.406. The number of likely N-dealkylation sites (N-methyl/N-ethyl adjacent to an activating group) is 1. The molecule has 1 heterocycles. The van der Waals surface area contributed by atoms with E-state index in [4.69, 9.17) is 11.5 Å². The number of carbonyl (C=O) groups is 1. The summed E-state index contributed by atoms with van der Waals surface area (Å²) in [6.07, 6.45) is 0. The molecule has 4 N–H and O–H groups in total. The number of nitrogens with two attached hydrogens (primary N) is 2. The van der Waals surface area contributed by atoms with E-state index in [9.17, 15) is 4.79 Å². The lowest BCUT2D eigenvalue weighted by Gasteiger charge is -2.40. The van der Waals surface area contributed by atoms with Crippen molar-refractivity contribution in [2.75, 3.05) is 37.3 Å². The molecule has 0 aliphatic carbocycles. The van der Waals surface area contributed by atoms with Gasteiger partial charge in [-0.15, -0.1) is 0 Å². The van der Waals surface area contributed by atoms with E-state index in [0.717, 1.165) is 25.3 Å². The number of amides is 1. The largest absolute Gasteiger partial charge is 0.399 e. The van der Waals surface area contributed by atoms with Gasteiger partial charge in [-0.2, -0.15) is 0 Å². The van der Waals surface area contributed by atoms with Gasteiger partial charge in [0.2, 0.25) is 0 Å². The molecule has 98 valence electrons. The standard InChI is InChI=1S/C13H20N4O/c1-9-8-16(2)5-6-17(9)12-7-10(14)3-4-11(12)13(15)18/h3-4,7,9H,5-6,8,14H2,1-2H3,(H2,15,18). The Morgan fingerprint density at radius 2 is 2.11 bits per heavy atom. The fraction of sp³-hybridized carbons (Fsp3) is 0.462. The topological polar surface area (TPSA) is 75.6 Å². The van der Waals surface area contributed by atoms with E-state index in [1.165, 1.54) is 0 Å². The molecule has 1 fully saturated rings. The molecular weight excluding hydrogens is 228 g/mol.